The molecule has 1 atom stereocenters. The van der Waals surface area contributed by atoms with Gasteiger partial charge in [-0.05, 0) is 45.1 Å². The number of likely N-dealkylation sites (N-methyl/N-ethyl adjacent to an activating group) is 1. The van der Waals surface area contributed by atoms with Gasteiger partial charge >= 0.3 is 0 Å². The van der Waals surface area contributed by atoms with Crippen molar-refractivity contribution < 1.29 is 9.47 Å². The van der Waals surface area contributed by atoms with E-state index in [4.69, 9.17) is 14.5 Å². The lowest BCUT2D eigenvalue weighted by Gasteiger charge is -2.25. The van der Waals surface area contributed by atoms with Crippen LogP contribution in [0.2, 0.25) is 0 Å². The number of ether oxygens (including phenoxy) is 2. The summed E-state index contributed by atoms with van der Waals surface area (Å²) in [4.78, 5) is 11.4. The van der Waals surface area contributed by atoms with E-state index in [0.717, 1.165) is 61.4 Å². The minimum Gasteiger partial charge on any atom is -0.492 e. The number of guanidine groups is 1. The molecular formula is C22H35N7O2. The van der Waals surface area contributed by atoms with Crippen molar-refractivity contribution in [3.05, 3.63) is 41.5 Å². The largest absolute Gasteiger partial charge is 0.492 e. The van der Waals surface area contributed by atoms with Crippen LogP contribution in [0.15, 0.2) is 29.3 Å². The van der Waals surface area contributed by atoms with Crippen LogP contribution in [0.4, 0.5) is 0 Å². The molecule has 1 aromatic carbocycles. The van der Waals surface area contributed by atoms with Crippen LogP contribution in [-0.4, -0.2) is 72.6 Å². The third kappa shape index (κ3) is 7.22. The van der Waals surface area contributed by atoms with E-state index in [1.54, 1.807) is 7.11 Å². The smallest absolute Gasteiger partial charge is 0.191 e. The Kier molecular flexibility index (Phi) is 8.66. The van der Waals surface area contributed by atoms with Crippen molar-refractivity contribution in [2.75, 3.05) is 40.9 Å². The summed E-state index contributed by atoms with van der Waals surface area (Å²) in [5, 5.41) is 11.4. The van der Waals surface area contributed by atoms with E-state index < -0.39 is 0 Å². The van der Waals surface area contributed by atoms with Crippen LogP contribution < -0.4 is 15.4 Å². The number of aromatic nitrogens is 3. The van der Waals surface area contributed by atoms with Crippen molar-refractivity contribution in [3.63, 3.8) is 0 Å². The Hall–Kier alpha value is -2.65. The van der Waals surface area contributed by atoms with Crippen molar-refractivity contribution in [1.29, 1.82) is 0 Å². The van der Waals surface area contributed by atoms with Gasteiger partial charge in [0.1, 0.15) is 24.8 Å². The Morgan fingerprint density at radius 2 is 2.23 bits per heavy atom. The Balaban J connectivity index is 1.58. The average molecular weight is 430 g/mol. The van der Waals surface area contributed by atoms with Gasteiger partial charge in [0.15, 0.2) is 11.8 Å². The fourth-order valence-electron chi connectivity index (χ4n) is 3.43. The molecule has 9 heteroatoms. The summed E-state index contributed by atoms with van der Waals surface area (Å²) < 4.78 is 13.0. The van der Waals surface area contributed by atoms with E-state index in [1.165, 1.54) is 0 Å². The minimum absolute atomic E-state index is 0.253. The average Bonchev–Trinajstić information content (AvgIpc) is 3.14. The predicted octanol–water partition coefficient (Wildman–Crippen LogP) is 1.44. The highest BCUT2D eigenvalue weighted by molar-refractivity contribution is 5.80. The number of aliphatic imine (C=N–C) groups is 1. The predicted molar refractivity (Wildman–Crippen MR) is 121 cm³/mol. The molecule has 0 bridgehead atoms. The van der Waals surface area contributed by atoms with Gasteiger partial charge in [-0.2, -0.15) is 5.10 Å². The molecule has 2 aromatic rings. The lowest BCUT2D eigenvalue weighted by molar-refractivity contribution is 0.177. The number of nitrogens with zero attached hydrogens (tertiary/aromatic N) is 5. The zero-order chi connectivity index (χ0) is 22.1. The van der Waals surface area contributed by atoms with Crippen LogP contribution in [0.1, 0.15) is 30.6 Å². The molecule has 0 amide bonds. The standard InChI is InChI=1S/C22H35N7O2/c1-5-23-22(24-14-17-7-6-8-19(13-17)31-12-11-28(2)3)25-18-9-10-21-26-20(16-30-4)27-29(21)15-18/h6-8,13,18H,5,9-12,14-16H2,1-4H3,(H2,23,24,25). The van der Waals surface area contributed by atoms with E-state index in [0.29, 0.717) is 19.8 Å². The molecule has 0 saturated heterocycles. The van der Waals surface area contributed by atoms with E-state index >= 15 is 0 Å². The molecule has 0 radical (unpaired) electrons. The SMILES string of the molecule is CCNC(=NCc1cccc(OCCN(C)C)c1)NC1CCc2nc(COC)nn2C1. The Labute approximate surface area is 184 Å². The van der Waals surface area contributed by atoms with E-state index in [2.05, 4.69) is 44.7 Å². The van der Waals surface area contributed by atoms with Crippen LogP contribution >= 0.6 is 0 Å². The van der Waals surface area contributed by atoms with Crippen molar-refractivity contribution >= 4 is 5.96 Å². The molecule has 0 fully saturated rings. The zero-order valence-corrected chi connectivity index (χ0v) is 19.1. The molecule has 9 nitrogen and oxygen atoms in total. The van der Waals surface area contributed by atoms with Crippen molar-refractivity contribution in [1.82, 2.24) is 30.3 Å². The molecule has 0 spiro atoms. The second-order valence-electron chi connectivity index (χ2n) is 7.93. The third-order valence-corrected chi connectivity index (χ3v) is 4.99. The first-order valence-corrected chi connectivity index (χ1v) is 10.9. The molecule has 0 aliphatic carbocycles. The van der Waals surface area contributed by atoms with E-state index in [9.17, 15) is 0 Å². The van der Waals surface area contributed by atoms with Crippen molar-refractivity contribution in [3.8, 4) is 5.75 Å². The highest BCUT2D eigenvalue weighted by Gasteiger charge is 2.22. The number of nitrogens with one attached hydrogen (secondary N) is 2. The van der Waals surface area contributed by atoms with Crippen LogP contribution in [0.25, 0.3) is 0 Å². The first-order chi connectivity index (χ1) is 15.1. The molecule has 1 aliphatic rings. The second-order valence-corrected chi connectivity index (χ2v) is 7.93. The molecule has 0 saturated carbocycles. The first-order valence-electron chi connectivity index (χ1n) is 10.9. The second kappa shape index (κ2) is 11.7. The van der Waals surface area contributed by atoms with Crippen LogP contribution in [0.3, 0.4) is 0 Å². The van der Waals surface area contributed by atoms with Gasteiger partial charge in [0.25, 0.3) is 0 Å². The molecular weight excluding hydrogens is 394 g/mol. The molecule has 1 aromatic heterocycles. The third-order valence-electron chi connectivity index (χ3n) is 4.99. The van der Waals surface area contributed by atoms with Crippen LogP contribution in [-0.2, 0) is 30.9 Å². The van der Waals surface area contributed by atoms with Gasteiger partial charge in [0, 0.05) is 32.7 Å². The molecule has 2 heterocycles. The Bertz CT molecular complexity index is 850. The monoisotopic (exact) mass is 429 g/mol. The topological polar surface area (TPSA) is 88.8 Å². The number of aryl methyl sites for hydroxylation is 1. The fourth-order valence-corrected chi connectivity index (χ4v) is 3.43. The number of rotatable bonds is 10. The number of hydrogen-bond donors (Lipinski definition) is 2. The summed E-state index contributed by atoms with van der Waals surface area (Å²) in [5.74, 6) is 3.46. The van der Waals surface area contributed by atoms with Crippen molar-refractivity contribution in [2.24, 2.45) is 4.99 Å². The first kappa shape index (κ1) is 23.0. The quantitative estimate of drug-likeness (QED) is 0.436. The zero-order valence-electron chi connectivity index (χ0n) is 19.1. The maximum atomic E-state index is 5.84. The summed E-state index contributed by atoms with van der Waals surface area (Å²) in [7, 11) is 5.74. The summed E-state index contributed by atoms with van der Waals surface area (Å²) in [5.41, 5.74) is 1.12. The highest BCUT2D eigenvalue weighted by Crippen LogP contribution is 2.15. The number of fused-ring (bicyclic) bond motifs is 1. The van der Waals surface area contributed by atoms with Crippen LogP contribution in [0, 0.1) is 0 Å². The lowest BCUT2D eigenvalue weighted by atomic mass is 10.1. The Morgan fingerprint density at radius 3 is 3.00 bits per heavy atom. The van der Waals surface area contributed by atoms with Crippen molar-refractivity contribution in [2.45, 2.75) is 45.5 Å². The molecule has 3 rings (SSSR count). The van der Waals surface area contributed by atoms with E-state index in [-0.39, 0.29) is 6.04 Å². The number of benzene rings is 1. The van der Waals surface area contributed by atoms with Gasteiger partial charge in [-0.25, -0.2) is 14.7 Å². The lowest BCUT2D eigenvalue weighted by Crippen LogP contribution is -2.47. The molecule has 170 valence electrons. The van der Waals surface area contributed by atoms with E-state index in [1.807, 2.05) is 30.9 Å². The van der Waals surface area contributed by atoms with Gasteiger partial charge in [-0.3, -0.25) is 0 Å². The molecule has 2 N–H and O–H groups in total. The highest BCUT2D eigenvalue weighted by atomic mass is 16.5. The summed E-state index contributed by atoms with van der Waals surface area (Å²) in [6.45, 7) is 6.23. The normalized spacial score (nSPS) is 16.3. The number of hydrogen-bond acceptors (Lipinski definition) is 6. The Morgan fingerprint density at radius 1 is 1.35 bits per heavy atom. The summed E-state index contributed by atoms with van der Waals surface area (Å²) in [6.07, 6.45) is 1.88. The maximum Gasteiger partial charge on any atom is 0.191 e. The number of methoxy groups -OCH3 is 1. The van der Waals surface area contributed by atoms with Crippen LogP contribution in [0.5, 0.6) is 5.75 Å². The summed E-state index contributed by atoms with van der Waals surface area (Å²) >= 11 is 0. The van der Waals surface area contributed by atoms with Gasteiger partial charge in [0.2, 0.25) is 0 Å². The van der Waals surface area contributed by atoms with Gasteiger partial charge in [-0.15, -0.1) is 0 Å². The fraction of sp³-hybridized carbons (Fsp3) is 0.591. The minimum atomic E-state index is 0.253. The summed E-state index contributed by atoms with van der Waals surface area (Å²) in [6, 6.07) is 8.39. The molecule has 31 heavy (non-hydrogen) atoms. The molecule has 1 unspecified atom stereocenters. The molecule has 1 aliphatic heterocycles. The van der Waals surface area contributed by atoms with Gasteiger partial charge < -0.3 is 25.0 Å². The van der Waals surface area contributed by atoms with Gasteiger partial charge in [0.05, 0.1) is 13.1 Å². The van der Waals surface area contributed by atoms with Gasteiger partial charge in [-0.1, -0.05) is 12.1 Å². The maximum absolute atomic E-state index is 5.84.